The molecule has 0 radical (unpaired) electrons. The maximum Gasteiger partial charge on any atom is 0.121 e. The Bertz CT molecular complexity index is 2460. The normalized spacial score (nSPS) is 12.2. The summed E-state index contributed by atoms with van der Waals surface area (Å²) in [5.41, 5.74) is 14.7. The number of benzene rings is 7. The van der Waals surface area contributed by atoms with Crippen LogP contribution in [0.2, 0.25) is 0 Å². The third kappa shape index (κ3) is 7.54. The summed E-state index contributed by atoms with van der Waals surface area (Å²) >= 11 is 0. The van der Waals surface area contributed by atoms with Crippen molar-refractivity contribution in [3.63, 3.8) is 0 Å². The molecule has 66 heavy (non-hydrogen) atoms. The van der Waals surface area contributed by atoms with Crippen LogP contribution in [0.4, 0.5) is 0 Å². The summed E-state index contributed by atoms with van der Waals surface area (Å²) in [6.07, 6.45) is 0. The molecule has 0 unspecified atom stereocenters. The Kier molecular flexibility index (Phi) is 11.9. The molecule has 0 aliphatic rings. The molecular weight excluding hydrogens is 817 g/mol. The zero-order valence-electron chi connectivity index (χ0n) is 41.3. The molecule has 0 aliphatic heterocycles. The van der Waals surface area contributed by atoms with Crippen molar-refractivity contribution in [2.75, 3.05) is 0 Å². The number of hydrogen-bond donors (Lipinski definition) is 6. The van der Waals surface area contributed by atoms with Crippen LogP contribution in [0.15, 0.2) is 91.0 Å². The van der Waals surface area contributed by atoms with Crippen molar-refractivity contribution in [1.29, 1.82) is 0 Å². The van der Waals surface area contributed by atoms with Gasteiger partial charge < -0.3 is 30.6 Å². The van der Waals surface area contributed by atoms with Gasteiger partial charge in [0, 0.05) is 16.2 Å². The van der Waals surface area contributed by atoms with Crippen LogP contribution in [0.25, 0.3) is 0 Å². The monoisotopic (exact) mass is 882 g/mol. The predicted molar refractivity (Wildman–Crippen MR) is 269 cm³/mol. The van der Waals surface area contributed by atoms with Gasteiger partial charge in [0.1, 0.15) is 34.5 Å². The van der Waals surface area contributed by atoms with Gasteiger partial charge in [0.2, 0.25) is 0 Å². The minimum atomic E-state index is -0.901. The van der Waals surface area contributed by atoms with E-state index in [1.54, 1.807) is 0 Å². The second-order valence-electron chi connectivity index (χ2n) is 19.9. The zero-order chi connectivity index (χ0) is 48.7. The van der Waals surface area contributed by atoms with E-state index >= 15 is 0 Å². The second kappa shape index (κ2) is 16.6. The highest BCUT2D eigenvalue weighted by molar-refractivity contribution is 5.65. The molecule has 0 aliphatic carbocycles. The van der Waals surface area contributed by atoms with Gasteiger partial charge in [-0.15, -0.1) is 0 Å². The quantitative estimate of drug-likeness (QED) is 0.0803. The average Bonchev–Trinajstić information content (AvgIpc) is 3.27. The molecule has 7 aromatic rings. The maximum atomic E-state index is 11.2. The number of aromatic hydroxyl groups is 6. The first-order valence-electron chi connectivity index (χ1n) is 22.8. The highest BCUT2D eigenvalue weighted by Crippen LogP contribution is 2.51. The lowest BCUT2D eigenvalue weighted by Gasteiger charge is -2.40. The van der Waals surface area contributed by atoms with E-state index in [9.17, 15) is 30.6 Å². The SMILES string of the molecule is Cc1cc(C(C)(c2cc(C(C)(c3cc(C)c(O)c(C)c3)c3cc(C)c(O)c(C)c3)cc(C(C)(c3cc(C)c(O)c(C)c3)c3cc(C)c(O)c(C)c3)c2)c2cc(C)c(O)c(C)c2)cc(C)c1O. The molecule has 0 heterocycles. The Morgan fingerprint density at radius 3 is 0.394 bits per heavy atom. The van der Waals surface area contributed by atoms with Crippen LogP contribution in [-0.4, -0.2) is 30.6 Å². The van der Waals surface area contributed by atoms with Gasteiger partial charge in [-0.3, -0.25) is 0 Å². The summed E-state index contributed by atoms with van der Waals surface area (Å²) in [4.78, 5) is 0. The van der Waals surface area contributed by atoms with E-state index in [-0.39, 0.29) is 34.5 Å². The van der Waals surface area contributed by atoms with Gasteiger partial charge in [-0.25, -0.2) is 0 Å². The van der Waals surface area contributed by atoms with E-state index in [2.05, 4.69) is 112 Å². The fourth-order valence-corrected chi connectivity index (χ4v) is 10.5. The predicted octanol–water partition coefficient (Wildman–Crippen LogP) is 13.7. The molecule has 0 atom stereocenters. The van der Waals surface area contributed by atoms with Crippen molar-refractivity contribution in [3.8, 4) is 34.5 Å². The van der Waals surface area contributed by atoms with Crippen LogP contribution < -0.4 is 0 Å². The summed E-state index contributed by atoms with van der Waals surface area (Å²) in [6.45, 7) is 29.7. The molecule has 0 saturated heterocycles. The number of rotatable bonds is 9. The molecule has 7 aromatic carbocycles. The molecule has 6 nitrogen and oxygen atoms in total. The van der Waals surface area contributed by atoms with E-state index in [4.69, 9.17) is 0 Å². The lowest BCUT2D eigenvalue weighted by Crippen LogP contribution is -2.33. The van der Waals surface area contributed by atoms with Crippen molar-refractivity contribution >= 4 is 0 Å². The van der Waals surface area contributed by atoms with Gasteiger partial charge >= 0.3 is 0 Å². The molecule has 7 rings (SSSR count). The standard InChI is InChI=1S/C60H66O6/c1-31-16-43(17-32(2)52(31)61)58(13,44-18-33(3)53(62)34(4)19-44)49-28-50(59(14,45-20-35(5)54(63)36(6)21-45)46-22-37(7)55(64)38(8)23-46)30-51(29-49)60(15,47-24-39(9)56(65)40(10)25-47)48-26-41(11)57(66)42(12)27-48/h16-30,61-66H,1-15H3. The molecule has 0 aromatic heterocycles. The fraction of sp³-hybridized carbons (Fsp3) is 0.300. The number of aryl methyl sites for hydroxylation is 12. The van der Waals surface area contributed by atoms with Crippen LogP contribution in [0.3, 0.4) is 0 Å². The van der Waals surface area contributed by atoms with Crippen LogP contribution >= 0.6 is 0 Å². The molecule has 0 spiro atoms. The third-order valence-corrected chi connectivity index (χ3v) is 15.1. The molecular formula is C60H66O6. The number of phenolic OH excluding ortho intramolecular Hbond substituents is 6. The third-order valence-electron chi connectivity index (χ3n) is 15.1. The van der Waals surface area contributed by atoms with Crippen molar-refractivity contribution in [1.82, 2.24) is 0 Å². The van der Waals surface area contributed by atoms with E-state index in [1.807, 2.05) is 83.1 Å². The largest absolute Gasteiger partial charge is 0.507 e. The summed E-state index contributed by atoms with van der Waals surface area (Å²) < 4.78 is 0. The van der Waals surface area contributed by atoms with Crippen LogP contribution in [0.1, 0.15) is 138 Å². The number of hydrogen-bond acceptors (Lipinski definition) is 6. The average molecular weight is 883 g/mol. The molecule has 6 heteroatoms. The van der Waals surface area contributed by atoms with Crippen LogP contribution in [-0.2, 0) is 16.2 Å². The summed E-state index contributed by atoms with van der Waals surface area (Å²) in [6, 6.07) is 31.6. The zero-order valence-corrected chi connectivity index (χ0v) is 41.3. The molecule has 0 bridgehead atoms. The Balaban J connectivity index is 1.77. The molecule has 0 saturated carbocycles. The first kappa shape index (κ1) is 47.3. The summed E-state index contributed by atoms with van der Waals surface area (Å²) in [5, 5.41) is 67.3. The van der Waals surface area contributed by atoms with Crippen molar-refractivity contribution in [3.05, 3.63) is 208 Å². The Hall–Kier alpha value is -6.66. The van der Waals surface area contributed by atoms with Crippen LogP contribution in [0, 0.1) is 83.1 Å². The van der Waals surface area contributed by atoms with E-state index in [1.165, 1.54) is 0 Å². The molecule has 0 fully saturated rings. The smallest absolute Gasteiger partial charge is 0.121 e. The number of phenols is 6. The fourth-order valence-electron chi connectivity index (χ4n) is 10.5. The van der Waals surface area contributed by atoms with Gasteiger partial charge in [0.15, 0.2) is 0 Å². The first-order valence-corrected chi connectivity index (χ1v) is 22.8. The van der Waals surface area contributed by atoms with Gasteiger partial charge in [-0.2, -0.15) is 0 Å². The Labute approximate surface area is 391 Å². The first-order chi connectivity index (χ1) is 30.7. The van der Waals surface area contributed by atoms with Crippen molar-refractivity contribution in [2.45, 2.75) is 120 Å². The molecule has 6 N–H and O–H groups in total. The van der Waals surface area contributed by atoms with E-state index in [0.717, 1.165) is 117 Å². The Morgan fingerprint density at radius 1 is 0.197 bits per heavy atom. The molecule has 342 valence electrons. The molecule has 0 amide bonds. The van der Waals surface area contributed by atoms with Crippen molar-refractivity contribution in [2.24, 2.45) is 0 Å². The van der Waals surface area contributed by atoms with Gasteiger partial charge in [0.05, 0.1) is 0 Å². The van der Waals surface area contributed by atoms with Crippen molar-refractivity contribution < 1.29 is 30.6 Å². The highest BCUT2D eigenvalue weighted by Gasteiger charge is 2.41. The lowest BCUT2D eigenvalue weighted by atomic mass is 9.62. The van der Waals surface area contributed by atoms with E-state index in [0.29, 0.717) is 0 Å². The summed E-state index contributed by atoms with van der Waals surface area (Å²) in [5.74, 6) is 1.42. The van der Waals surface area contributed by atoms with Gasteiger partial charge in [0.25, 0.3) is 0 Å². The van der Waals surface area contributed by atoms with Crippen LogP contribution in [0.5, 0.6) is 34.5 Å². The van der Waals surface area contributed by atoms with E-state index < -0.39 is 16.2 Å². The van der Waals surface area contributed by atoms with Gasteiger partial charge in [-0.05, 0) is 221 Å². The highest BCUT2D eigenvalue weighted by atomic mass is 16.3. The summed E-state index contributed by atoms with van der Waals surface area (Å²) in [7, 11) is 0. The Morgan fingerprint density at radius 2 is 0.288 bits per heavy atom. The topological polar surface area (TPSA) is 121 Å². The maximum absolute atomic E-state index is 11.2. The van der Waals surface area contributed by atoms with Gasteiger partial charge in [-0.1, -0.05) is 91.0 Å². The minimum absolute atomic E-state index is 0.237. The minimum Gasteiger partial charge on any atom is -0.507 e. The second-order valence-corrected chi connectivity index (χ2v) is 19.9. The lowest BCUT2D eigenvalue weighted by molar-refractivity contribution is 0.464.